The molecule has 0 aromatic carbocycles. The van der Waals surface area contributed by atoms with Crippen molar-refractivity contribution < 1.29 is 4.79 Å². The first-order valence-corrected chi connectivity index (χ1v) is 6.45. The highest BCUT2D eigenvalue weighted by Crippen LogP contribution is 2.00. The Morgan fingerprint density at radius 1 is 1.40 bits per heavy atom. The number of hydrogen-bond donors (Lipinski definition) is 1. The molecule has 0 saturated carbocycles. The lowest BCUT2D eigenvalue weighted by molar-refractivity contribution is 0.208. The van der Waals surface area contributed by atoms with Gasteiger partial charge >= 0.3 is 6.03 Å². The van der Waals surface area contributed by atoms with Crippen molar-refractivity contribution in [3.05, 3.63) is 0 Å². The van der Waals surface area contributed by atoms with E-state index >= 15 is 0 Å². The van der Waals surface area contributed by atoms with Crippen LogP contribution in [-0.4, -0.2) is 41.5 Å². The van der Waals surface area contributed by atoms with Crippen LogP contribution in [0.1, 0.15) is 27.7 Å². The first kappa shape index (κ1) is 14.3. The number of nitrogens with zero attached hydrogens (tertiary/aromatic N) is 2. The molecule has 0 bridgehead atoms. The van der Waals surface area contributed by atoms with E-state index in [0.29, 0.717) is 18.3 Å². The number of carbonyl (C=O) groups excluding carboxylic acids is 1. The van der Waals surface area contributed by atoms with Crippen LogP contribution in [0.15, 0.2) is 4.99 Å². The number of hydrogen-bond acceptors (Lipinski definition) is 3. The molecule has 0 aromatic heterocycles. The summed E-state index contributed by atoms with van der Waals surface area (Å²) in [5, 5.41) is 3.48. The lowest BCUT2D eigenvalue weighted by Gasteiger charge is -2.19. The summed E-state index contributed by atoms with van der Waals surface area (Å²) < 4.78 is 0. The standard InChI is InChI=1S/C10H21N3OS/c1-6-13(7-2)10(14)12-9(15-5)11-8(3)4/h8H,6-7H2,1-5H3,(H,11,12,14). The van der Waals surface area contributed by atoms with E-state index in [0.717, 1.165) is 0 Å². The number of nitrogens with one attached hydrogen (secondary N) is 1. The molecule has 0 fully saturated rings. The van der Waals surface area contributed by atoms with Crippen LogP contribution in [0.4, 0.5) is 4.79 Å². The Labute approximate surface area is 96.5 Å². The van der Waals surface area contributed by atoms with E-state index in [4.69, 9.17) is 0 Å². The monoisotopic (exact) mass is 231 g/mol. The predicted octanol–water partition coefficient (Wildman–Crippen LogP) is 2.17. The Morgan fingerprint density at radius 3 is 2.27 bits per heavy atom. The van der Waals surface area contributed by atoms with Crippen molar-refractivity contribution in [2.24, 2.45) is 4.99 Å². The zero-order chi connectivity index (χ0) is 11.8. The van der Waals surface area contributed by atoms with Gasteiger partial charge in [0.25, 0.3) is 0 Å². The summed E-state index contributed by atoms with van der Waals surface area (Å²) in [5.41, 5.74) is 0. The number of amidine groups is 1. The van der Waals surface area contributed by atoms with Crippen molar-refractivity contribution in [1.29, 1.82) is 0 Å². The summed E-state index contributed by atoms with van der Waals surface area (Å²) in [6.45, 7) is 9.32. The summed E-state index contributed by atoms with van der Waals surface area (Å²) >= 11 is 1.46. The molecule has 0 radical (unpaired) electrons. The fraction of sp³-hybridized carbons (Fsp3) is 0.800. The SMILES string of the molecule is CCN(CC)C(=O)NC(=NC(C)C)SC. The number of urea groups is 1. The number of rotatable bonds is 3. The van der Waals surface area contributed by atoms with Gasteiger partial charge in [-0.25, -0.2) is 4.79 Å². The second-order valence-corrected chi connectivity index (χ2v) is 4.13. The van der Waals surface area contributed by atoms with E-state index in [-0.39, 0.29) is 12.1 Å². The second kappa shape index (κ2) is 7.56. The van der Waals surface area contributed by atoms with Crippen molar-refractivity contribution in [2.45, 2.75) is 33.7 Å². The maximum Gasteiger partial charge on any atom is 0.323 e. The van der Waals surface area contributed by atoms with E-state index in [9.17, 15) is 4.79 Å². The quantitative estimate of drug-likeness (QED) is 0.597. The lowest BCUT2D eigenvalue weighted by Crippen LogP contribution is -2.41. The van der Waals surface area contributed by atoms with Gasteiger partial charge in [0, 0.05) is 19.1 Å². The van der Waals surface area contributed by atoms with Crippen molar-refractivity contribution in [2.75, 3.05) is 19.3 Å². The van der Waals surface area contributed by atoms with Crippen molar-refractivity contribution in [1.82, 2.24) is 10.2 Å². The second-order valence-electron chi connectivity index (χ2n) is 3.33. The molecule has 0 aliphatic carbocycles. The Bertz CT molecular complexity index is 225. The van der Waals surface area contributed by atoms with Crippen LogP contribution in [0.3, 0.4) is 0 Å². The molecular formula is C10H21N3OS. The van der Waals surface area contributed by atoms with Gasteiger partial charge < -0.3 is 4.90 Å². The molecule has 0 rings (SSSR count). The fourth-order valence-corrected chi connectivity index (χ4v) is 1.56. The van der Waals surface area contributed by atoms with Crippen LogP contribution in [0.25, 0.3) is 0 Å². The first-order chi connectivity index (χ1) is 7.04. The molecule has 1 N–H and O–H groups in total. The average Bonchev–Trinajstić information content (AvgIpc) is 2.17. The Kier molecular flexibility index (Phi) is 7.21. The number of carbonyl (C=O) groups is 1. The van der Waals surface area contributed by atoms with Gasteiger partial charge in [-0.1, -0.05) is 11.8 Å². The maximum atomic E-state index is 11.7. The highest BCUT2D eigenvalue weighted by molar-refractivity contribution is 8.13. The molecule has 0 atom stereocenters. The third kappa shape index (κ3) is 5.67. The number of amides is 2. The topological polar surface area (TPSA) is 44.7 Å². The average molecular weight is 231 g/mol. The van der Waals surface area contributed by atoms with Crippen LogP contribution >= 0.6 is 11.8 Å². The summed E-state index contributed by atoms with van der Waals surface area (Å²) in [5.74, 6) is 0. The largest absolute Gasteiger partial charge is 0.325 e. The van der Waals surface area contributed by atoms with E-state index < -0.39 is 0 Å². The third-order valence-electron chi connectivity index (χ3n) is 1.83. The van der Waals surface area contributed by atoms with Crippen molar-refractivity contribution in [3.8, 4) is 0 Å². The third-order valence-corrected chi connectivity index (χ3v) is 2.43. The molecular weight excluding hydrogens is 210 g/mol. The molecule has 0 saturated heterocycles. The van der Waals surface area contributed by atoms with Gasteiger partial charge in [-0.3, -0.25) is 10.3 Å². The Morgan fingerprint density at radius 2 is 1.93 bits per heavy atom. The number of thioether (sulfide) groups is 1. The highest BCUT2D eigenvalue weighted by Gasteiger charge is 2.11. The van der Waals surface area contributed by atoms with Gasteiger partial charge in [0.1, 0.15) is 0 Å². The molecule has 5 heteroatoms. The van der Waals surface area contributed by atoms with Crippen LogP contribution < -0.4 is 5.32 Å². The molecule has 0 aromatic rings. The Hall–Kier alpha value is -0.710. The minimum Gasteiger partial charge on any atom is -0.325 e. The zero-order valence-corrected chi connectivity index (χ0v) is 11.0. The maximum absolute atomic E-state index is 11.7. The molecule has 15 heavy (non-hydrogen) atoms. The predicted molar refractivity (Wildman–Crippen MR) is 67.5 cm³/mol. The van der Waals surface area contributed by atoms with E-state index in [1.165, 1.54) is 11.8 Å². The van der Waals surface area contributed by atoms with Gasteiger partial charge in [-0.2, -0.15) is 0 Å². The van der Waals surface area contributed by atoms with Gasteiger partial charge in [0.2, 0.25) is 0 Å². The fourth-order valence-electron chi connectivity index (χ4n) is 1.05. The molecule has 0 aliphatic heterocycles. The van der Waals surface area contributed by atoms with Crippen LogP contribution in [0, 0.1) is 0 Å². The summed E-state index contributed by atoms with van der Waals surface area (Å²) in [6, 6.07) is 0.123. The smallest absolute Gasteiger partial charge is 0.323 e. The van der Waals surface area contributed by atoms with E-state index in [2.05, 4.69) is 10.3 Å². The van der Waals surface area contributed by atoms with Gasteiger partial charge in [-0.15, -0.1) is 0 Å². The molecule has 4 nitrogen and oxygen atoms in total. The van der Waals surface area contributed by atoms with E-state index in [1.54, 1.807) is 4.90 Å². The van der Waals surface area contributed by atoms with E-state index in [1.807, 2.05) is 34.0 Å². The lowest BCUT2D eigenvalue weighted by atomic mass is 10.4. The summed E-state index contributed by atoms with van der Waals surface area (Å²) in [4.78, 5) is 17.7. The summed E-state index contributed by atoms with van der Waals surface area (Å²) in [7, 11) is 0. The first-order valence-electron chi connectivity index (χ1n) is 5.22. The minimum absolute atomic E-state index is 0.0752. The van der Waals surface area contributed by atoms with Crippen LogP contribution in [-0.2, 0) is 0 Å². The minimum atomic E-state index is -0.0752. The van der Waals surface area contributed by atoms with Crippen LogP contribution in [0.2, 0.25) is 0 Å². The summed E-state index contributed by atoms with van der Waals surface area (Å²) in [6.07, 6.45) is 1.91. The van der Waals surface area contributed by atoms with Gasteiger partial charge in [0.15, 0.2) is 5.17 Å². The van der Waals surface area contributed by atoms with Gasteiger partial charge in [-0.05, 0) is 34.0 Å². The van der Waals surface area contributed by atoms with Crippen LogP contribution in [0.5, 0.6) is 0 Å². The van der Waals surface area contributed by atoms with Gasteiger partial charge in [0.05, 0.1) is 0 Å². The number of aliphatic imine (C=N–C) groups is 1. The zero-order valence-electron chi connectivity index (χ0n) is 10.2. The normalized spacial score (nSPS) is 11.7. The molecule has 0 unspecified atom stereocenters. The molecule has 0 aliphatic rings. The van der Waals surface area contributed by atoms with Crippen molar-refractivity contribution in [3.63, 3.8) is 0 Å². The Balaban J connectivity index is 4.36. The molecule has 0 spiro atoms. The molecule has 2 amide bonds. The highest BCUT2D eigenvalue weighted by atomic mass is 32.2. The molecule has 0 heterocycles. The van der Waals surface area contributed by atoms with Crippen molar-refractivity contribution >= 4 is 23.0 Å². The molecule has 88 valence electrons.